The third kappa shape index (κ3) is 11.5. The van der Waals surface area contributed by atoms with Gasteiger partial charge in [-0.25, -0.2) is 0 Å². The molecule has 0 aliphatic rings. The van der Waals surface area contributed by atoms with E-state index in [0.717, 1.165) is 0 Å². The standard InChI is InChI=1S/C18H31N.BrH/c1-2-3-4-5-6-7-8-9-10-11-12-13-18-14-16-19-17-15-18;/h14-17H,2-13H2,1H3;1H. The molecule has 1 aromatic heterocycles. The molecule has 0 amide bonds. The Morgan fingerprint density at radius 3 is 1.65 bits per heavy atom. The quantitative estimate of drug-likeness (QED) is 0.394. The van der Waals surface area contributed by atoms with Crippen molar-refractivity contribution >= 4 is 17.0 Å². The molecule has 0 saturated heterocycles. The normalized spacial score (nSPS) is 10.2. The van der Waals surface area contributed by atoms with E-state index in [9.17, 15) is 0 Å². The van der Waals surface area contributed by atoms with Crippen LogP contribution in [-0.4, -0.2) is 4.98 Å². The van der Waals surface area contributed by atoms with Crippen molar-refractivity contribution in [2.75, 3.05) is 0 Å². The molecule has 0 spiro atoms. The zero-order valence-corrected chi connectivity index (χ0v) is 14.9. The van der Waals surface area contributed by atoms with Crippen molar-refractivity contribution in [3.63, 3.8) is 0 Å². The fourth-order valence-electron chi connectivity index (χ4n) is 2.54. The average Bonchev–Trinajstić information content (AvgIpc) is 2.46. The van der Waals surface area contributed by atoms with E-state index in [1.54, 1.807) is 0 Å². The molecule has 1 rings (SSSR count). The molecule has 0 fully saturated rings. The van der Waals surface area contributed by atoms with E-state index in [-0.39, 0.29) is 17.0 Å². The second-order valence-corrected chi connectivity index (χ2v) is 5.64. The number of pyridine rings is 1. The number of rotatable bonds is 12. The van der Waals surface area contributed by atoms with Crippen LogP contribution in [0.2, 0.25) is 0 Å². The van der Waals surface area contributed by atoms with Crippen LogP contribution in [0.4, 0.5) is 0 Å². The molecule has 2 heteroatoms. The number of aryl methyl sites for hydroxylation is 1. The van der Waals surface area contributed by atoms with Gasteiger partial charge in [-0.15, -0.1) is 17.0 Å². The predicted molar refractivity (Wildman–Crippen MR) is 94.7 cm³/mol. The second-order valence-electron chi connectivity index (χ2n) is 5.64. The summed E-state index contributed by atoms with van der Waals surface area (Å²) < 4.78 is 0. The van der Waals surface area contributed by atoms with Crippen LogP contribution in [0, 0.1) is 0 Å². The fourth-order valence-corrected chi connectivity index (χ4v) is 2.54. The maximum Gasteiger partial charge on any atom is 0.0270 e. The molecular weight excluding hydrogens is 310 g/mol. The van der Waals surface area contributed by atoms with Crippen molar-refractivity contribution in [3.8, 4) is 0 Å². The topological polar surface area (TPSA) is 12.9 Å². The van der Waals surface area contributed by atoms with Gasteiger partial charge in [0.25, 0.3) is 0 Å². The van der Waals surface area contributed by atoms with Crippen molar-refractivity contribution in [2.24, 2.45) is 0 Å². The molecule has 1 heterocycles. The van der Waals surface area contributed by atoms with Crippen LogP contribution < -0.4 is 0 Å². The minimum absolute atomic E-state index is 0. The molecule has 0 radical (unpaired) electrons. The zero-order chi connectivity index (χ0) is 13.6. The summed E-state index contributed by atoms with van der Waals surface area (Å²) in [4.78, 5) is 4.05. The molecule has 0 bridgehead atoms. The summed E-state index contributed by atoms with van der Waals surface area (Å²) in [5, 5.41) is 0. The largest absolute Gasteiger partial charge is 0.265 e. The van der Waals surface area contributed by atoms with E-state index in [4.69, 9.17) is 0 Å². The van der Waals surface area contributed by atoms with Crippen molar-refractivity contribution in [2.45, 2.75) is 84.0 Å². The highest BCUT2D eigenvalue weighted by Gasteiger charge is 1.94. The van der Waals surface area contributed by atoms with Crippen LogP contribution in [0.15, 0.2) is 24.5 Å². The minimum Gasteiger partial charge on any atom is -0.265 e. The summed E-state index contributed by atoms with van der Waals surface area (Å²) >= 11 is 0. The molecule has 20 heavy (non-hydrogen) atoms. The Labute approximate surface area is 136 Å². The average molecular weight is 342 g/mol. The van der Waals surface area contributed by atoms with Crippen LogP contribution >= 0.6 is 17.0 Å². The maximum absolute atomic E-state index is 4.05. The minimum atomic E-state index is 0. The van der Waals surface area contributed by atoms with Gasteiger partial charge in [0.15, 0.2) is 0 Å². The zero-order valence-electron chi connectivity index (χ0n) is 13.2. The van der Waals surface area contributed by atoms with Gasteiger partial charge in [-0.3, -0.25) is 4.98 Å². The molecule has 0 saturated carbocycles. The molecule has 0 aliphatic heterocycles. The summed E-state index contributed by atoms with van der Waals surface area (Å²) in [5.41, 5.74) is 1.44. The highest BCUT2D eigenvalue weighted by Crippen LogP contribution is 2.12. The first kappa shape index (κ1) is 19.6. The predicted octanol–water partition coefficient (Wildman–Crippen LogP) is 6.51. The molecule has 1 aromatic rings. The first-order valence-corrected chi connectivity index (χ1v) is 8.32. The first-order chi connectivity index (χ1) is 9.43. The first-order valence-electron chi connectivity index (χ1n) is 8.32. The Balaban J connectivity index is 0.00000361. The molecular formula is C18H32BrN. The van der Waals surface area contributed by atoms with E-state index < -0.39 is 0 Å². The summed E-state index contributed by atoms with van der Waals surface area (Å²) in [7, 11) is 0. The van der Waals surface area contributed by atoms with Gasteiger partial charge < -0.3 is 0 Å². The van der Waals surface area contributed by atoms with E-state index in [0.29, 0.717) is 0 Å². The van der Waals surface area contributed by atoms with Gasteiger partial charge in [0.1, 0.15) is 0 Å². The SMILES string of the molecule is Br.CCCCCCCCCCCCCc1ccncc1. The number of unbranched alkanes of at least 4 members (excludes halogenated alkanes) is 10. The highest BCUT2D eigenvalue weighted by atomic mass is 79.9. The van der Waals surface area contributed by atoms with Crippen LogP contribution in [0.3, 0.4) is 0 Å². The third-order valence-electron chi connectivity index (χ3n) is 3.82. The Morgan fingerprint density at radius 2 is 1.15 bits per heavy atom. The lowest BCUT2D eigenvalue weighted by Gasteiger charge is -2.03. The molecule has 0 aliphatic carbocycles. The van der Waals surface area contributed by atoms with Crippen molar-refractivity contribution in [1.29, 1.82) is 0 Å². The summed E-state index contributed by atoms with van der Waals surface area (Å²) in [5.74, 6) is 0. The van der Waals surface area contributed by atoms with Crippen molar-refractivity contribution in [1.82, 2.24) is 4.98 Å². The number of hydrogen-bond donors (Lipinski definition) is 0. The summed E-state index contributed by atoms with van der Waals surface area (Å²) in [6.07, 6.45) is 20.6. The Kier molecular flexibility index (Phi) is 14.7. The lowest BCUT2D eigenvalue weighted by atomic mass is 10.0. The molecule has 1 nitrogen and oxygen atoms in total. The van der Waals surface area contributed by atoms with Gasteiger partial charge in [0, 0.05) is 12.4 Å². The van der Waals surface area contributed by atoms with Crippen molar-refractivity contribution < 1.29 is 0 Å². The van der Waals surface area contributed by atoms with Crippen LogP contribution in [0.1, 0.15) is 83.1 Å². The van der Waals surface area contributed by atoms with Crippen molar-refractivity contribution in [3.05, 3.63) is 30.1 Å². The van der Waals surface area contributed by atoms with Gasteiger partial charge in [-0.05, 0) is 30.5 Å². The van der Waals surface area contributed by atoms with E-state index >= 15 is 0 Å². The number of halogens is 1. The number of aromatic nitrogens is 1. The van der Waals surface area contributed by atoms with Crippen LogP contribution in [-0.2, 0) is 6.42 Å². The third-order valence-corrected chi connectivity index (χ3v) is 3.82. The Hall–Kier alpha value is -0.370. The lowest BCUT2D eigenvalue weighted by Crippen LogP contribution is -1.86. The second kappa shape index (κ2) is 15.0. The number of nitrogens with zero attached hydrogens (tertiary/aromatic N) is 1. The lowest BCUT2D eigenvalue weighted by molar-refractivity contribution is 0.549. The highest BCUT2D eigenvalue weighted by molar-refractivity contribution is 8.93. The van der Waals surface area contributed by atoms with Gasteiger partial charge in [0.05, 0.1) is 0 Å². The van der Waals surface area contributed by atoms with Crippen LogP contribution in [0.25, 0.3) is 0 Å². The maximum atomic E-state index is 4.05. The van der Waals surface area contributed by atoms with Crippen LogP contribution in [0.5, 0.6) is 0 Å². The Morgan fingerprint density at radius 1 is 0.700 bits per heavy atom. The molecule has 0 aromatic carbocycles. The summed E-state index contributed by atoms with van der Waals surface area (Å²) in [6.45, 7) is 2.28. The molecule has 0 atom stereocenters. The Bertz CT molecular complexity index is 287. The van der Waals surface area contributed by atoms with E-state index in [1.165, 1.54) is 82.6 Å². The molecule has 0 unspecified atom stereocenters. The van der Waals surface area contributed by atoms with Gasteiger partial charge in [-0.1, -0.05) is 71.1 Å². The molecule has 0 N–H and O–H groups in total. The smallest absolute Gasteiger partial charge is 0.0270 e. The van der Waals surface area contributed by atoms with Gasteiger partial charge in [0.2, 0.25) is 0 Å². The number of hydrogen-bond acceptors (Lipinski definition) is 1. The van der Waals surface area contributed by atoms with E-state index in [2.05, 4.69) is 24.0 Å². The van der Waals surface area contributed by atoms with Gasteiger partial charge in [-0.2, -0.15) is 0 Å². The van der Waals surface area contributed by atoms with E-state index in [1.807, 2.05) is 12.4 Å². The summed E-state index contributed by atoms with van der Waals surface area (Å²) in [6, 6.07) is 4.27. The van der Waals surface area contributed by atoms with Gasteiger partial charge >= 0.3 is 0 Å². The monoisotopic (exact) mass is 341 g/mol. The fraction of sp³-hybridized carbons (Fsp3) is 0.722. The molecule has 116 valence electrons.